The van der Waals surface area contributed by atoms with Crippen LogP contribution < -0.4 is 0 Å². The fourth-order valence-electron chi connectivity index (χ4n) is 10.5. The number of ether oxygens (including phenoxy) is 2. The Morgan fingerprint density at radius 3 is 0.756 bits per heavy atom. The zero-order chi connectivity index (χ0) is 61.9. The third-order valence-corrected chi connectivity index (χ3v) is 15.9. The minimum Gasteiger partial charge on any atom is -0.462 e. The van der Waals surface area contributed by atoms with E-state index < -0.39 is 6.10 Å². The van der Waals surface area contributed by atoms with Gasteiger partial charge in [-0.3, -0.25) is 9.59 Å². The van der Waals surface area contributed by atoms with Gasteiger partial charge in [0.2, 0.25) is 0 Å². The van der Waals surface area contributed by atoms with Gasteiger partial charge in [-0.05, 0) is 116 Å². The summed E-state index contributed by atoms with van der Waals surface area (Å²) in [5.41, 5.74) is 0. The molecule has 0 aliphatic heterocycles. The molecule has 0 aromatic rings. The van der Waals surface area contributed by atoms with Crippen LogP contribution in [-0.2, 0) is 19.1 Å². The predicted octanol–water partition coefficient (Wildman–Crippen LogP) is 25.9. The largest absolute Gasteiger partial charge is 0.462 e. The van der Waals surface area contributed by atoms with Gasteiger partial charge in [-0.15, -0.1) is 0 Å². The first kappa shape index (κ1) is 82.0. The van der Waals surface area contributed by atoms with Crippen LogP contribution in [0.4, 0.5) is 0 Å². The molecule has 0 saturated carbocycles. The standard InChI is InChI=1S/C81H138O5/c1-3-5-7-9-11-13-15-17-19-21-23-25-27-29-31-33-35-37-38-39-40-41-42-44-45-47-49-51-53-55-57-59-61-63-65-67-69-71-73-75-80(83)85-78-79(77-82)86-81(84)76-74-72-70-68-66-64-62-60-58-56-54-52-50-48-46-43-36-34-32-30-28-26-24-22-20-18-16-14-12-10-8-6-4-2/h6,8,12,14-15,17-18,20-21,23-24,26-27,29-30,32,36,43,48,50,54,56,79,82H,3-5,7,9-11,13,16,19,22,25,28,31,33-35,37-42,44-47,49,51-53,55,57-78H2,1-2H3/b8-6-,14-12-,17-15-,20-18-,23-21-,26-24-,29-27-,32-30-,43-36-,50-48-,56-54-. The van der Waals surface area contributed by atoms with Crippen molar-refractivity contribution in [2.75, 3.05) is 13.2 Å². The number of allylic oxidation sites excluding steroid dienone is 22. The molecule has 0 aliphatic rings. The van der Waals surface area contributed by atoms with Gasteiger partial charge in [0, 0.05) is 12.8 Å². The number of esters is 2. The van der Waals surface area contributed by atoms with Crippen LogP contribution in [0.5, 0.6) is 0 Å². The molecule has 5 nitrogen and oxygen atoms in total. The third kappa shape index (κ3) is 72.5. The molecule has 0 radical (unpaired) electrons. The number of hydrogen-bond acceptors (Lipinski definition) is 5. The quantitative estimate of drug-likeness (QED) is 0.0373. The second kappa shape index (κ2) is 75.3. The lowest BCUT2D eigenvalue weighted by molar-refractivity contribution is -0.161. The van der Waals surface area contributed by atoms with E-state index in [4.69, 9.17) is 9.47 Å². The molecule has 0 spiro atoms. The Bertz CT molecular complexity index is 1730. The Labute approximate surface area is 534 Å². The van der Waals surface area contributed by atoms with Crippen molar-refractivity contribution in [1.82, 2.24) is 0 Å². The van der Waals surface area contributed by atoms with Crippen molar-refractivity contribution >= 4 is 11.9 Å². The molecule has 0 heterocycles. The van der Waals surface area contributed by atoms with Crippen LogP contribution in [0.1, 0.15) is 348 Å². The van der Waals surface area contributed by atoms with Gasteiger partial charge in [0.05, 0.1) is 6.61 Å². The number of carbonyl (C=O) groups is 2. The summed E-state index contributed by atoms with van der Waals surface area (Å²) >= 11 is 0. The Hall–Kier alpha value is -3.96. The predicted molar refractivity (Wildman–Crippen MR) is 380 cm³/mol. The molecule has 5 heteroatoms. The lowest BCUT2D eigenvalue weighted by atomic mass is 10.0. The number of carbonyl (C=O) groups excluding carboxylic acids is 2. The molecule has 0 amide bonds. The highest BCUT2D eigenvalue weighted by Crippen LogP contribution is 2.18. The maximum Gasteiger partial charge on any atom is 0.306 e. The number of aliphatic hydroxyl groups is 1. The van der Waals surface area contributed by atoms with E-state index in [0.29, 0.717) is 12.8 Å². The van der Waals surface area contributed by atoms with Crippen LogP contribution in [-0.4, -0.2) is 36.4 Å². The van der Waals surface area contributed by atoms with Crippen LogP contribution in [0.2, 0.25) is 0 Å². The van der Waals surface area contributed by atoms with Crippen LogP contribution in [0, 0.1) is 0 Å². The highest BCUT2D eigenvalue weighted by atomic mass is 16.6. The minimum atomic E-state index is -0.786. The molecule has 0 saturated heterocycles. The van der Waals surface area contributed by atoms with Crippen molar-refractivity contribution in [2.45, 2.75) is 354 Å². The number of hydrogen-bond donors (Lipinski definition) is 1. The van der Waals surface area contributed by atoms with E-state index in [2.05, 4.69) is 148 Å². The molecule has 0 aliphatic carbocycles. The molecular weight excluding hydrogens is 1050 g/mol. The molecule has 0 bridgehead atoms. The fourth-order valence-corrected chi connectivity index (χ4v) is 10.5. The van der Waals surface area contributed by atoms with E-state index in [1.54, 1.807) is 0 Å². The summed E-state index contributed by atoms with van der Waals surface area (Å²) in [5.74, 6) is -0.594. The van der Waals surface area contributed by atoms with Crippen LogP contribution >= 0.6 is 0 Å². The highest BCUT2D eigenvalue weighted by molar-refractivity contribution is 5.70. The summed E-state index contributed by atoms with van der Waals surface area (Å²) in [4.78, 5) is 24.7. The first-order valence-electron chi connectivity index (χ1n) is 36.7. The van der Waals surface area contributed by atoms with E-state index in [1.807, 2.05) is 0 Å². The number of aliphatic hydroxyl groups excluding tert-OH is 1. The summed E-state index contributed by atoms with van der Waals surface area (Å²) in [6, 6.07) is 0. The normalized spacial score (nSPS) is 13.0. The molecule has 492 valence electrons. The highest BCUT2D eigenvalue weighted by Gasteiger charge is 2.16. The lowest BCUT2D eigenvalue weighted by Gasteiger charge is -2.15. The zero-order valence-corrected chi connectivity index (χ0v) is 56.5. The molecule has 86 heavy (non-hydrogen) atoms. The molecule has 0 aromatic carbocycles. The Balaban J connectivity index is 3.48. The van der Waals surface area contributed by atoms with E-state index in [9.17, 15) is 14.7 Å². The molecule has 1 atom stereocenters. The van der Waals surface area contributed by atoms with Gasteiger partial charge >= 0.3 is 11.9 Å². The van der Waals surface area contributed by atoms with Gasteiger partial charge in [-0.25, -0.2) is 0 Å². The smallest absolute Gasteiger partial charge is 0.306 e. The van der Waals surface area contributed by atoms with Crippen LogP contribution in [0.15, 0.2) is 134 Å². The van der Waals surface area contributed by atoms with Crippen molar-refractivity contribution in [3.63, 3.8) is 0 Å². The van der Waals surface area contributed by atoms with E-state index in [-0.39, 0.29) is 25.2 Å². The summed E-state index contributed by atoms with van der Waals surface area (Å²) in [6.45, 7) is 4.03. The number of rotatable bonds is 67. The summed E-state index contributed by atoms with van der Waals surface area (Å²) in [5, 5.41) is 9.71. The molecule has 0 fully saturated rings. The molecular formula is C81H138O5. The van der Waals surface area contributed by atoms with E-state index in [1.165, 1.54) is 212 Å². The summed E-state index contributed by atoms with van der Waals surface area (Å²) < 4.78 is 10.8. The van der Waals surface area contributed by atoms with Crippen LogP contribution in [0.25, 0.3) is 0 Å². The van der Waals surface area contributed by atoms with E-state index in [0.717, 1.165) is 109 Å². The van der Waals surface area contributed by atoms with Gasteiger partial charge in [0.25, 0.3) is 0 Å². The molecule has 0 rings (SSSR count). The van der Waals surface area contributed by atoms with Crippen LogP contribution in [0.3, 0.4) is 0 Å². The van der Waals surface area contributed by atoms with Gasteiger partial charge in [0.1, 0.15) is 6.61 Å². The zero-order valence-electron chi connectivity index (χ0n) is 56.5. The maximum atomic E-state index is 12.4. The Morgan fingerprint density at radius 1 is 0.279 bits per heavy atom. The third-order valence-electron chi connectivity index (χ3n) is 15.9. The van der Waals surface area contributed by atoms with Gasteiger partial charge < -0.3 is 14.6 Å². The monoisotopic (exact) mass is 1190 g/mol. The first-order chi connectivity index (χ1) is 42.6. The topological polar surface area (TPSA) is 72.8 Å². The molecule has 1 unspecified atom stereocenters. The van der Waals surface area contributed by atoms with Gasteiger partial charge in [-0.1, -0.05) is 353 Å². The molecule has 0 aromatic heterocycles. The van der Waals surface area contributed by atoms with Crippen molar-refractivity contribution in [3.8, 4) is 0 Å². The van der Waals surface area contributed by atoms with Gasteiger partial charge in [0.15, 0.2) is 6.10 Å². The fraction of sp³-hybridized carbons (Fsp3) is 0.704. The lowest BCUT2D eigenvalue weighted by Crippen LogP contribution is -2.28. The van der Waals surface area contributed by atoms with Crippen molar-refractivity contribution in [1.29, 1.82) is 0 Å². The SMILES string of the molecule is CC/C=C\C/C=C\C/C=C\C/C=C\C/C=C\C/C=C\C/C=C\C/C=C\CCCCCCCCCCC(=O)OC(CO)COC(=O)CCCCCCCCCCCCCCCCCCCCCCCCCC/C=C\C/C=C\C/C=C\CCCCCCC. The first-order valence-corrected chi connectivity index (χ1v) is 36.7. The maximum absolute atomic E-state index is 12.4. The van der Waals surface area contributed by atoms with Crippen molar-refractivity contribution < 1.29 is 24.2 Å². The second-order valence-electron chi connectivity index (χ2n) is 24.3. The summed E-state index contributed by atoms with van der Waals surface area (Å²) in [7, 11) is 0. The molecule has 1 N–H and O–H groups in total. The van der Waals surface area contributed by atoms with E-state index >= 15 is 0 Å². The van der Waals surface area contributed by atoms with Crippen molar-refractivity contribution in [2.24, 2.45) is 0 Å². The second-order valence-corrected chi connectivity index (χ2v) is 24.3. The van der Waals surface area contributed by atoms with Gasteiger partial charge in [-0.2, -0.15) is 0 Å². The Morgan fingerprint density at radius 2 is 0.500 bits per heavy atom. The number of unbranched alkanes of at least 4 members (excludes halogenated alkanes) is 37. The average Bonchev–Trinajstić information content (AvgIpc) is 3.55. The average molecular weight is 1190 g/mol. The Kier molecular flexibility index (Phi) is 71.8. The minimum absolute atomic E-state index is 0.0728. The van der Waals surface area contributed by atoms with Crippen molar-refractivity contribution in [3.05, 3.63) is 134 Å². The summed E-state index contributed by atoms with van der Waals surface area (Å²) in [6.07, 6.45) is 112.